The van der Waals surface area contributed by atoms with E-state index in [1.807, 2.05) is 43.6 Å². The maximum absolute atomic E-state index is 13.4. The highest BCUT2D eigenvalue weighted by Crippen LogP contribution is 2.35. The molecule has 1 aromatic heterocycles. The fourth-order valence-electron chi connectivity index (χ4n) is 4.55. The number of hydrogen-bond acceptors (Lipinski definition) is 6. The number of ether oxygens (including phenoxy) is 1. The lowest BCUT2D eigenvalue weighted by molar-refractivity contribution is -0.131. The van der Waals surface area contributed by atoms with E-state index in [1.54, 1.807) is 35.6 Å². The monoisotopic (exact) mass is 479 g/mol. The molecule has 0 spiro atoms. The second-order valence-corrected chi connectivity index (χ2v) is 9.39. The van der Waals surface area contributed by atoms with E-state index in [2.05, 4.69) is 10.3 Å². The summed E-state index contributed by atoms with van der Waals surface area (Å²) in [6.07, 6.45) is -0.161. The van der Waals surface area contributed by atoms with Gasteiger partial charge in [0.1, 0.15) is 11.3 Å². The third-order valence-electron chi connectivity index (χ3n) is 6.47. The van der Waals surface area contributed by atoms with Crippen molar-refractivity contribution < 1.29 is 19.4 Å². The average Bonchev–Trinajstić information content (AvgIpc) is 3.45. The maximum Gasteiger partial charge on any atom is 0.254 e. The van der Waals surface area contributed by atoms with Crippen molar-refractivity contribution in [1.29, 1.82) is 0 Å². The van der Waals surface area contributed by atoms with Crippen LogP contribution in [0.2, 0.25) is 0 Å². The van der Waals surface area contributed by atoms with Gasteiger partial charge in [0.05, 0.1) is 29.3 Å². The number of benzene rings is 2. The second kappa shape index (κ2) is 9.95. The number of aromatic nitrogens is 1. The summed E-state index contributed by atoms with van der Waals surface area (Å²) in [6.45, 7) is 4.30. The largest absolute Gasteiger partial charge is 0.497 e. The van der Waals surface area contributed by atoms with Gasteiger partial charge in [0.25, 0.3) is 5.91 Å². The lowest BCUT2D eigenvalue weighted by Crippen LogP contribution is -2.56. The molecular formula is C26H29N3O4S. The molecule has 4 rings (SSSR count). The summed E-state index contributed by atoms with van der Waals surface area (Å²) in [4.78, 5) is 33.7. The maximum atomic E-state index is 13.4. The Balaban J connectivity index is 1.50. The minimum atomic E-state index is -1.11. The number of aliphatic hydroxyl groups excluding tert-OH is 1. The first-order chi connectivity index (χ1) is 16.4. The molecule has 0 radical (unpaired) electrons. The third kappa shape index (κ3) is 4.56. The van der Waals surface area contributed by atoms with Crippen molar-refractivity contribution >= 4 is 23.2 Å². The van der Waals surface area contributed by atoms with Gasteiger partial charge in [-0.2, -0.15) is 0 Å². The number of thiazole rings is 1. The quantitative estimate of drug-likeness (QED) is 0.538. The summed E-state index contributed by atoms with van der Waals surface area (Å²) in [5, 5.41) is 13.4. The number of rotatable bonds is 7. The standard InChI is InChI=1S/C26H29N3O4S/c1-4-26(13-21(30)15-29(26)24(31)20-6-5-7-22(12-20)33-3)25(32)27-14-18-8-10-19(11-9-18)23-17(2)28-16-34-23/h5-12,16,21,30H,4,13-15H2,1-3H3,(H,27,32)/t21-,26?/m1/s1. The number of methoxy groups -OCH3 is 1. The second-order valence-electron chi connectivity index (χ2n) is 8.54. The van der Waals surface area contributed by atoms with Crippen LogP contribution in [0.5, 0.6) is 5.75 Å². The van der Waals surface area contributed by atoms with Crippen molar-refractivity contribution in [1.82, 2.24) is 15.2 Å². The summed E-state index contributed by atoms with van der Waals surface area (Å²) in [7, 11) is 1.54. The van der Waals surface area contributed by atoms with Crippen molar-refractivity contribution in [3.05, 3.63) is 70.9 Å². The Kier molecular flexibility index (Phi) is 7.00. The van der Waals surface area contributed by atoms with Gasteiger partial charge in [-0.25, -0.2) is 4.98 Å². The molecular weight excluding hydrogens is 450 g/mol. The Morgan fingerprint density at radius 3 is 2.68 bits per heavy atom. The van der Waals surface area contributed by atoms with Gasteiger partial charge in [0.15, 0.2) is 0 Å². The molecule has 8 heteroatoms. The number of hydrogen-bond donors (Lipinski definition) is 2. The molecule has 7 nitrogen and oxygen atoms in total. The number of nitrogens with zero attached hydrogens (tertiary/aromatic N) is 2. The smallest absolute Gasteiger partial charge is 0.254 e. The van der Waals surface area contributed by atoms with Crippen LogP contribution in [0.25, 0.3) is 10.4 Å². The van der Waals surface area contributed by atoms with E-state index in [1.165, 1.54) is 12.0 Å². The summed E-state index contributed by atoms with van der Waals surface area (Å²) in [5.74, 6) is 0.0102. The number of nitrogens with one attached hydrogen (secondary N) is 1. The van der Waals surface area contributed by atoms with Gasteiger partial charge in [0, 0.05) is 25.1 Å². The molecule has 1 aliphatic heterocycles. The zero-order valence-corrected chi connectivity index (χ0v) is 20.4. The van der Waals surface area contributed by atoms with E-state index >= 15 is 0 Å². The SMILES string of the molecule is CCC1(C(=O)NCc2ccc(-c3scnc3C)cc2)C[C@@H](O)CN1C(=O)c1cccc(OC)c1. The Morgan fingerprint density at radius 1 is 1.26 bits per heavy atom. The van der Waals surface area contributed by atoms with E-state index in [0.717, 1.165) is 21.7 Å². The van der Waals surface area contributed by atoms with Gasteiger partial charge in [-0.05, 0) is 42.7 Å². The Bertz CT molecular complexity index is 1180. The molecule has 2 aromatic carbocycles. The first-order valence-corrected chi connectivity index (χ1v) is 12.2. The Labute approximate surface area is 203 Å². The van der Waals surface area contributed by atoms with E-state index < -0.39 is 11.6 Å². The molecule has 2 atom stereocenters. The van der Waals surface area contributed by atoms with Crippen molar-refractivity contribution in [3.63, 3.8) is 0 Å². The Morgan fingerprint density at radius 2 is 2.03 bits per heavy atom. The van der Waals surface area contributed by atoms with Crippen LogP contribution in [0.3, 0.4) is 0 Å². The number of carbonyl (C=O) groups is 2. The van der Waals surface area contributed by atoms with Gasteiger partial charge >= 0.3 is 0 Å². The van der Waals surface area contributed by atoms with Crippen LogP contribution in [0.15, 0.2) is 54.0 Å². The highest BCUT2D eigenvalue weighted by Gasteiger charge is 2.51. The molecule has 2 amide bonds. The van der Waals surface area contributed by atoms with E-state index in [0.29, 0.717) is 24.3 Å². The van der Waals surface area contributed by atoms with Gasteiger partial charge in [-0.3, -0.25) is 9.59 Å². The highest BCUT2D eigenvalue weighted by atomic mass is 32.1. The number of aryl methyl sites for hydroxylation is 1. The number of aliphatic hydroxyl groups is 1. The predicted octanol–water partition coefficient (Wildman–Crippen LogP) is 3.80. The number of carbonyl (C=O) groups excluding carboxylic acids is 2. The normalized spacial score (nSPS) is 19.8. The molecule has 1 unspecified atom stereocenters. The lowest BCUT2D eigenvalue weighted by atomic mass is 9.90. The average molecular weight is 480 g/mol. The Hall–Kier alpha value is -3.23. The van der Waals surface area contributed by atoms with Gasteiger partial charge in [0.2, 0.25) is 5.91 Å². The minimum Gasteiger partial charge on any atom is -0.497 e. The molecule has 2 heterocycles. The summed E-state index contributed by atoms with van der Waals surface area (Å²) in [6, 6.07) is 14.9. The fourth-order valence-corrected chi connectivity index (χ4v) is 5.36. The first-order valence-electron chi connectivity index (χ1n) is 11.3. The lowest BCUT2D eigenvalue weighted by Gasteiger charge is -2.36. The van der Waals surface area contributed by atoms with Crippen LogP contribution < -0.4 is 10.1 Å². The third-order valence-corrected chi connectivity index (χ3v) is 7.45. The molecule has 1 saturated heterocycles. The first kappa shape index (κ1) is 23.9. The molecule has 1 fully saturated rings. The van der Waals surface area contributed by atoms with Crippen LogP contribution >= 0.6 is 11.3 Å². The minimum absolute atomic E-state index is 0.111. The van der Waals surface area contributed by atoms with Crippen LogP contribution in [-0.2, 0) is 11.3 Å². The molecule has 2 N–H and O–H groups in total. The van der Waals surface area contributed by atoms with E-state index in [-0.39, 0.29) is 24.8 Å². The zero-order chi connectivity index (χ0) is 24.3. The summed E-state index contributed by atoms with van der Waals surface area (Å²) in [5.41, 5.74) is 4.19. The molecule has 0 bridgehead atoms. The van der Waals surface area contributed by atoms with Gasteiger partial charge in [-0.1, -0.05) is 37.3 Å². The summed E-state index contributed by atoms with van der Waals surface area (Å²) < 4.78 is 5.24. The highest BCUT2D eigenvalue weighted by molar-refractivity contribution is 7.13. The number of likely N-dealkylation sites (tertiary alicyclic amines) is 1. The topological polar surface area (TPSA) is 91.8 Å². The molecule has 178 valence electrons. The van der Waals surface area contributed by atoms with Gasteiger partial charge < -0.3 is 20.1 Å². The number of β-amino-alcohol motifs (C(OH)–C–C–N with tert-alkyl or cyclic N) is 1. The predicted molar refractivity (Wildman–Crippen MR) is 132 cm³/mol. The molecule has 34 heavy (non-hydrogen) atoms. The van der Waals surface area contributed by atoms with E-state index in [9.17, 15) is 14.7 Å². The van der Waals surface area contributed by atoms with Crippen LogP contribution in [-0.4, -0.2) is 52.1 Å². The van der Waals surface area contributed by atoms with Crippen LogP contribution in [0.1, 0.15) is 41.4 Å². The molecule has 1 aliphatic rings. The van der Waals surface area contributed by atoms with Crippen LogP contribution in [0.4, 0.5) is 0 Å². The van der Waals surface area contributed by atoms with Crippen molar-refractivity contribution in [2.75, 3.05) is 13.7 Å². The zero-order valence-electron chi connectivity index (χ0n) is 19.6. The van der Waals surface area contributed by atoms with Gasteiger partial charge in [-0.15, -0.1) is 11.3 Å². The molecule has 3 aromatic rings. The van der Waals surface area contributed by atoms with Crippen molar-refractivity contribution in [2.45, 2.75) is 44.9 Å². The van der Waals surface area contributed by atoms with Crippen LogP contribution in [0, 0.1) is 6.92 Å². The number of amides is 2. The van der Waals surface area contributed by atoms with Crippen molar-refractivity contribution in [3.8, 4) is 16.2 Å². The molecule has 0 saturated carbocycles. The molecule has 0 aliphatic carbocycles. The van der Waals surface area contributed by atoms with Crippen molar-refractivity contribution in [2.24, 2.45) is 0 Å². The van der Waals surface area contributed by atoms with E-state index in [4.69, 9.17) is 4.74 Å². The fraction of sp³-hybridized carbons (Fsp3) is 0.346. The summed E-state index contributed by atoms with van der Waals surface area (Å²) >= 11 is 1.60.